The molecule has 33 heavy (non-hydrogen) atoms. The van der Waals surface area contributed by atoms with E-state index in [4.69, 9.17) is 4.74 Å². The van der Waals surface area contributed by atoms with Crippen LogP contribution in [-0.4, -0.2) is 26.8 Å². The minimum Gasteiger partial charge on any atom is -0.456 e. The molecule has 1 aromatic heterocycles. The van der Waals surface area contributed by atoms with Crippen molar-refractivity contribution < 1.29 is 31.7 Å². The highest BCUT2D eigenvalue weighted by atomic mass is 32.2. The van der Waals surface area contributed by atoms with Gasteiger partial charge >= 0.3 is 12.1 Å². The fourth-order valence-corrected chi connectivity index (χ4v) is 4.73. The first-order valence-corrected chi connectivity index (χ1v) is 11.9. The summed E-state index contributed by atoms with van der Waals surface area (Å²) in [5.74, 6) is -0.859. The summed E-state index contributed by atoms with van der Waals surface area (Å²) >= 11 is 1.03. The van der Waals surface area contributed by atoms with E-state index in [0.717, 1.165) is 28.4 Å². The fourth-order valence-electron chi connectivity index (χ4n) is 2.92. The number of ether oxygens (including phenoxy) is 1. The van der Waals surface area contributed by atoms with Gasteiger partial charge in [-0.3, -0.25) is 13.9 Å². The molecule has 1 amide bonds. The standard InChI is InChI=1S/C22H19F3N2O4S2/c1-3-33(30)19-10-5-4-9-18(19)20(29)31-12-16-13-32-21(26-16)27(14(2)28)17-8-6-7-15(11-17)22(23,24)25/h4-11,13H,3,12H2,1-2H3. The molecule has 1 unspecified atom stereocenters. The number of thiazole rings is 1. The maximum absolute atomic E-state index is 13.1. The van der Waals surface area contributed by atoms with Crippen molar-refractivity contribution in [1.82, 2.24) is 4.98 Å². The maximum Gasteiger partial charge on any atom is 0.416 e. The predicted molar refractivity (Wildman–Crippen MR) is 119 cm³/mol. The molecule has 0 radical (unpaired) electrons. The van der Waals surface area contributed by atoms with Gasteiger partial charge in [0.15, 0.2) is 5.13 Å². The number of carbonyl (C=O) groups excluding carboxylic acids is 2. The Hall–Kier alpha value is -3.05. The third kappa shape index (κ3) is 5.85. The van der Waals surface area contributed by atoms with E-state index in [1.54, 1.807) is 30.5 Å². The summed E-state index contributed by atoms with van der Waals surface area (Å²) in [5, 5.41) is 1.68. The zero-order chi connectivity index (χ0) is 24.2. The Morgan fingerprint density at radius 1 is 1.15 bits per heavy atom. The Balaban J connectivity index is 1.78. The van der Waals surface area contributed by atoms with Gasteiger partial charge in [-0.1, -0.05) is 25.1 Å². The van der Waals surface area contributed by atoms with Crippen LogP contribution < -0.4 is 4.90 Å². The third-order valence-electron chi connectivity index (χ3n) is 4.44. The highest BCUT2D eigenvalue weighted by molar-refractivity contribution is 7.85. The second-order valence-corrected chi connectivity index (χ2v) is 9.28. The van der Waals surface area contributed by atoms with Crippen molar-refractivity contribution in [2.45, 2.75) is 31.5 Å². The van der Waals surface area contributed by atoms with Gasteiger partial charge in [-0.25, -0.2) is 9.78 Å². The summed E-state index contributed by atoms with van der Waals surface area (Å²) in [7, 11) is -1.35. The molecule has 2 aromatic carbocycles. The number of aromatic nitrogens is 1. The van der Waals surface area contributed by atoms with Gasteiger partial charge < -0.3 is 4.74 Å². The first-order chi connectivity index (χ1) is 15.6. The third-order valence-corrected chi connectivity index (χ3v) is 6.69. The summed E-state index contributed by atoms with van der Waals surface area (Å²) in [4.78, 5) is 30.4. The Bertz CT molecular complexity index is 1190. The van der Waals surface area contributed by atoms with Crippen molar-refractivity contribution in [3.63, 3.8) is 0 Å². The van der Waals surface area contributed by atoms with Crippen LogP contribution in [0.1, 0.15) is 35.5 Å². The minimum absolute atomic E-state index is 0.0196. The SMILES string of the molecule is CCS(=O)c1ccccc1C(=O)OCc1csc(N(C(C)=O)c2cccc(C(F)(F)F)c2)n1. The average molecular weight is 497 g/mol. The molecule has 0 aliphatic rings. The van der Waals surface area contributed by atoms with E-state index in [9.17, 15) is 27.0 Å². The highest BCUT2D eigenvalue weighted by Gasteiger charge is 2.31. The molecule has 0 aliphatic carbocycles. The van der Waals surface area contributed by atoms with Crippen LogP contribution in [0.25, 0.3) is 0 Å². The van der Waals surface area contributed by atoms with E-state index in [-0.39, 0.29) is 23.0 Å². The monoisotopic (exact) mass is 496 g/mol. The van der Waals surface area contributed by atoms with Crippen molar-refractivity contribution >= 4 is 44.8 Å². The predicted octanol–water partition coefficient (Wildman–Crippen LogP) is 5.33. The van der Waals surface area contributed by atoms with Crippen molar-refractivity contribution in [2.75, 3.05) is 10.7 Å². The molecule has 6 nitrogen and oxygen atoms in total. The fraction of sp³-hybridized carbons (Fsp3) is 0.227. The number of nitrogens with zero attached hydrogens (tertiary/aromatic N) is 2. The number of esters is 1. The average Bonchev–Trinajstić information content (AvgIpc) is 3.24. The molecule has 0 bridgehead atoms. The lowest BCUT2D eigenvalue weighted by molar-refractivity contribution is -0.137. The van der Waals surface area contributed by atoms with Gasteiger partial charge in [0.05, 0.1) is 38.2 Å². The van der Waals surface area contributed by atoms with Crippen LogP contribution in [-0.2, 0) is 33.1 Å². The summed E-state index contributed by atoms with van der Waals surface area (Å²) < 4.78 is 56.7. The summed E-state index contributed by atoms with van der Waals surface area (Å²) in [5.41, 5.74) is -0.371. The molecule has 0 saturated heterocycles. The number of halogens is 3. The lowest BCUT2D eigenvalue weighted by atomic mass is 10.2. The molecule has 0 N–H and O–H groups in total. The number of anilines is 2. The van der Waals surface area contributed by atoms with E-state index in [1.807, 2.05) is 0 Å². The zero-order valence-electron chi connectivity index (χ0n) is 17.6. The topological polar surface area (TPSA) is 76.6 Å². The Labute approximate surface area is 194 Å². The van der Waals surface area contributed by atoms with Crippen molar-refractivity contribution in [3.05, 3.63) is 70.7 Å². The normalized spacial score (nSPS) is 12.3. The molecule has 11 heteroatoms. The molecule has 3 rings (SSSR count). The Morgan fingerprint density at radius 2 is 1.88 bits per heavy atom. The lowest BCUT2D eigenvalue weighted by Gasteiger charge is -2.19. The van der Waals surface area contributed by atoms with E-state index in [0.29, 0.717) is 16.3 Å². The number of amides is 1. The van der Waals surface area contributed by atoms with Gasteiger partial charge in [-0.2, -0.15) is 13.2 Å². The molecule has 1 heterocycles. The van der Waals surface area contributed by atoms with Gasteiger partial charge in [-0.15, -0.1) is 11.3 Å². The van der Waals surface area contributed by atoms with Gasteiger partial charge in [0, 0.05) is 18.1 Å². The summed E-state index contributed by atoms with van der Waals surface area (Å²) in [6, 6.07) is 10.8. The molecule has 0 spiro atoms. The molecular weight excluding hydrogens is 477 g/mol. The van der Waals surface area contributed by atoms with E-state index in [1.165, 1.54) is 25.1 Å². The van der Waals surface area contributed by atoms with Crippen LogP contribution in [0.3, 0.4) is 0 Å². The van der Waals surface area contributed by atoms with Gasteiger partial charge in [-0.05, 0) is 30.3 Å². The number of benzene rings is 2. The molecule has 0 aliphatic heterocycles. The number of hydrogen-bond acceptors (Lipinski definition) is 6. The van der Waals surface area contributed by atoms with Gasteiger partial charge in [0.25, 0.3) is 0 Å². The van der Waals surface area contributed by atoms with Crippen LogP contribution in [0.5, 0.6) is 0 Å². The van der Waals surface area contributed by atoms with E-state index < -0.39 is 34.4 Å². The number of carbonyl (C=O) groups is 2. The molecule has 174 valence electrons. The Kier molecular flexibility index (Phi) is 7.65. The maximum atomic E-state index is 13.1. The molecular formula is C22H19F3N2O4S2. The van der Waals surface area contributed by atoms with Gasteiger partial charge in [0.2, 0.25) is 5.91 Å². The van der Waals surface area contributed by atoms with Crippen LogP contribution in [0.4, 0.5) is 24.0 Å². The number of alkyl halides is 3. The summed E-state index contributed by atoms with van der Waals surface area (Å²) in [6.07, 6.45) is -4.56. The van der Waals surface area contributed by atoms with Gasteiger partial charge in [0.1, 0.15) is 6.61 Å². The number of rotatable bonds is 7. The molecule has 0 fully saturated rings. The van der Waals surface area contributed by atoms with Crippen LogP contribution in [0.2, 0.25) is 0 Å². The molecule has 3 aromatic rings. The minimum atomic E-state index is -4.56. The second-order valence-electron chi connectivity index (χ2n) is 6.73. The van der Waals surface area contributed by atoms with Crippen LogP contribution >= 0.6 is 11.3 Å². The zero-order valence-corrected chi connectivity index (χ0v) is 19.2. The smallest absolute Gasteiger partial charge is 0.416 e. The van der Waals surface area contributed by atoms with E-state index >= 15 is 0 Å². The molecule has 1 atom stereocenters. The lowest BCUT2D eigenvalue weighted by Crippen LogP contribution is -2.23. The van der Waals surface area contributed by atoms with Crippen molar-refractivity contribution in [3.8, 4) is 0 Å². The van der Waals surface area contributed by atoms with Crippen molar-refractivity contribution in [2.24, 2.45) is 0 Å². The first-order valence-electron chi connectivity index (χ1n) is 9.68. The highest BCUT2D eigenvalue weighted by Crippen LogP contribution is 2.35. The van der Waals surface area contributed by atoms with E-state index in [2.05, 4.69) is 4.98 Å². The summed E-state index contributed by atoms with van der Waals surface area (Å²) in [6.45, 7) is 2.73. The second kappa shape index (κ2) is 10.3. The van der Waals surface area contributed by atoms with Crippen molar-refractivity contribution in [1.29, 1.82) is 0 Å². The first kappa shape index (κ1) is 24.6. The molecule has 0 saturated carbocycles. The Morgan fingerprint density at radius 3 is 2.55 bits per heavy atom. The number of hydrogen-bond donors (Lipinski definition) is 0. The van der Waals surface area contributed by atoms with Crippen LogP contribution in [0.15, 0.2) is 58.8 Å². The quantitative estimate of drug-likeness (QED) is 0.413. The largest absolute Gasteiger partial charge is 0.456 e. The van der Waals surface area contributed by atoms with Crippen LogP contribution in [0, 0.1) is 0 Å².